The van der Waals surface area contributed by atoms with E-state index in [1.807, 2.05) is 17.5 Å². The number of pyridine rings is 1. The first-order chi connectivity index (χ1) is 10.2. The lowest BCUT2D eigenvalue weighted by atomic mass is 10.2. The van der Waals surface area contributed by atoms with Crippen LogP contribution in [0.3, 0.4) is 0 Å². The van der Waals surface area contributed by atoms with Gasteiger partial charge in [-0.1, -0.05) is 0 Å². The molecule has 1 N–H and O–H groups in total. The Morgan fingerprint density at radius 3 is 2.59 bits per heavy atom. The standard InChI is InChI=1S/C14H10N4O2S.BrH/c19-18(20)12-5-3-11(4-6-12)16-14-17-13(9-21-14)10-2-1-7-15-8-10;/h1-9H,(H,16,17);1H. The normalized spacial score (nSPS) is 9.82. The highest BCUT2D eigenvalue weighted by atomic mass is 79.9. The molecular weight excluding hydrogens is 368 g/mol. The lowest BCUT2D eigenvalue weighted by Gasteiger charge is -2.01. The van der Waals surface area contributed by atoms with E-state index < -0.39 is 4.92 Å². The fourth-order valence-electron chi connectivity index (χ4n) is 1.77. The molecule has 0 saturated heterocycles. The maximum Gasteiger partial charge on any atom is 0.269 e. The molecule has 8 heteroatoms. The van der Waals surface area contributed by atoms with Gasteiger partial charge in [0, 0.05) is 41.2 Å². The van der Waals surface area contributed by atoms with Gasteiger partial charge in [-0.2, -0.15) is 0 Å². The van der Waals surface area contributed by atoms with Crippen LogP contribution in [0.2, 0.25) is 0 Å². The quantitative estimate of drug-likeness (QED) is 0.536. The smallest absolute Gasteiger partial charge is 0.269 e. The van der Waals surface area contributed by atoms with Crippen molar-refractivity contribution < 1.29 is 4.92 Å². The van der Waals surface area contributed by atoms with Crippen LogP contribution >= 0.6 is 28.3 Å². The number of halogens is 1. The number of non-ortho nitro benzene ring substituents is 1. The van der Waals surface area contributed by atoms with E-state index in [-0.39, 0.29) is 22.7 Å². The van der Waals surface area contributed by atoms with Gasteiger partial charge in [0.25, 0.3) is 5.69 Å². The zero-order valence-corrected chi connectivity index (χ0v) is 13.7. The number of aromatic nitrogens is 2. The van der Waals surface area contributed by atoms with Crippen molar-refractivity contribution in [2.45, 2.75) is 0 Å². The molecule has 0 amide bonds. The van der Waals surface area contributed by atoms with Gasteiger partial charge in [-0.25, -0.2) is 4.98 Å². The number of hydrogen-bond acceptors (Lipinski definition) is 6. The van der Waals surface area contributed by atoms with E-state index in [0.29, 0.717) is 0 Å². The number of nitro benzene ring substituents is 1. The number of nitro groups is 1. The average Bonchev–Trinajstić information content (AvgIpc) is 2.97. The monoisotopic (exact) mass is 378 g/mol. The largest absolute Gasteiger partial charge is 0.332 e. The third kappa shape index (κ3) is 3.66. The summed E-state index contributed by atoms with van der Waals surface area (Å²) < 4.78 is 0. The van der Waals surface area contributed by atoms with Crippen LogP contribution in [0, 0.1) is 10.1 Å². The molecule has 0 spiro atoms. The fourth-order valence-corrected chi connectivity index (χ4v) is 2.51. The van der Waals surface area contributed by atoms with E-state index in [4.69, 9.17) is 0 Å². The number of anilines is 2. The third-order valence-electron chi connectivity index (χ3n) is 2.79. The topological polar surface area (TPSA) is 81.0 Å². The molecule has 2 aromatic heterocycles. The molecule has 3 aromatic rings. The molecule has 0 bridgehead atoms. The van der Waals surface area contributed by atoms with Crippen LogP contribution in [-0.2, 0) is 0 Å². The number of nitrogens with zero attached hydrogens (tertiary/aromatic N) is 3. The molecule has 22 heavy (non-hydrogen) atoms. The highest BCUT2D eigenvalue weighted by molar-refractivity contribution is 8.93. The Hall–Kier alpha value is -2.32. The first kappa shape index (κ1) is 16.1. The highest BCUT2D eigenvalue weighted by Gasteiger charge is 2.07. The van der Waals surface area contributed by atoms with Gasteiger partial charge in [-0.3, -0.25) is 15.1 Å². The van der Waals surface area contributed by atoms with Crippen LogP contribution in [0.15, 0.2) is 54.2 Å². The Kier molecular flexibility index (Phi) is 5.18. The van der Waals surface area contributed by atoms with E-state index in [2.05, 4.69) is 15.3 Å². The SMILES string of the molecule is Br.O=[N+]([O-])c1ccc(Nc2nc(-c3cccnc3)cs2)cc1. The van der Waals surface area contributed by atoms with E-state index >= 15 is 0 Å². The predicted octanol–water partition coefficient (Wildman–Crippen LogP) is 4.43. The average molecular weight is 379 g/mol. The number of nitrogens with one attached hydrogen (secondary N) is 1. The number of rotatable bonds is 4. The van der Waals surface area contributed by atoms with Crippen LogP contribution in [-0.4, -0.2) is 14.9 Å². The lowest BCUT2D eigenvalue weighted by Crippen LogP contribution is -1.91. The van der Waals surface area contributed by atoms with Gasteiger partial charge in [0.15, 0.2) is 5.13 Å². The summed E-state index contributed by atoms with van der Waals surface area (Å²) in [6.07, 6.45) is 3.47. The maximum atomic E-state index is 10.6. The second-order valence-electron chi connectivity index (χ2n) is 4.21. The van der Waals surface area contributed by atoms with Crippen molar-refractivity contribution in [3.63, 3.8) is 0 Å². The predicted molar refractivity (Wildman–Crippen MR) is 92.0 cm³/mol. The summed E-state index contributed by atoms with van der Waals surface area (Å²) in [5, 5.41) is 16.4. The van der Waals surface area contributed by atoms with Gasteiger partial charge in [-0.15, -0.1) is 28.3 Å². The first-order valence-electron chi connectivity index (χ1n) is 6.10. The summed E-state index contributed by atoms with van der Waals surface area (Å²) in [6, 6.07) is 10.0. The zero-order valence-electron chi connectivity index (χ0n) is 11.2. The molecule has 0 fully saturated rings. The number of thiazole rings is 1. The highest BCUT2D eigenvalue weighted by Crippen LogP contribution is 2.27. The number of benzene rings is 1. The first-order valence-corrected chi connectivity index (χ1v) is 6.98. The van der Waals surface area contributed by atoms with Crippen LogP contribution in [0.4, 0.5) is 16.5 Å². The van der Waals surface area contributed by atoms with Crippen molar-refractivity contribution in [3.8, 4) is 11.3 Å². The minimum Gasteiger partial charge on any atom is -0.332 e. The fraction of sp³-hybridized carbons (Fsp3) is 0. The van der Waals surface area contributed by atoms with Crippen molar-refractivity contribution >= 4 is 44.8 Å². The molecule has 0 aliphatic heterocycles. The molecule has 2 heterocycles. The Balaban J connectivity index is 0.00000176. The third-order valence-corrected chi connectivity index (χ3v) is 3.55. The second-order valence-corrected chi connectivity index (χ2v) is 5.07. The van der Waals surface area contributed by atoms with Crippen LogP contribution in [0.25, 0.3) is 11.3 Å². The van der Waals surface area contributed by atoms with E-state index in [0.717, 1.165) is 22.1 Å². The molecular formula is C14H11BrN4O2S. The van der Waals surface area contributed by atoms with Crippen LogP contribution < -0.4 is 5.32 Å². The molecule has 1 aromatic carbocycles. The van der Waals surface area contributed by atoms with Crippen LogP contribution in [0.1, 0.15) is 0 Å². The van der Waals surface area contributed by atoms with Crippen molar-refractivity contribution in [1.29, 1.82) is 0 Å². The summed E-state index contributed by atoms with van der Waals surface area (Å²) in [5.41, 5.74) is 2.62. The van der Waals surface area contributed by atoms with E-state index in [9.17, 15) is 10.1 Å². The second kappa shape index (κ2) is 7.10. The summed E-state index contributed by atoms with van der Waals surface area (Å²) in [5.74, 6) is 0. The molecule has 3 rings (SSSR count). The maximum absolute atomic E-state index is 10.6. The minimum absolute atomic E-state index is 0. The summed E-state index contributed by atoms with van der Waals surface area (Å²) in [4.78, 5) is 18.7. The van der Waals surface area contributed by atoms with Crippen molar-refractivity contribution in [3.05, 3.63) is 64.3 Å². The van der Waals surface area contributed by atoms with Gasteiger partial charge in [0.05, 0.1) is 10.6 Å². The van der Waals surface area contributed by atoms with E-state index in [1.165, 1.54) is 23.5 Å². The molecule has 6 nitrogen and oxygen atoms in total. The molecule has 0 aliphatic rings. The molecule has 0 atom stereocenters. The van der Waals surface area contributed by atoms with Crippen molar-refractivity contribution in [1.82, 2.24) is 9.97 Å². The molecule has 0 unspecified atom stereocenters. The number of hydrogen-bond donors (Lipinski definition) is 1. The van der Waals surface area contributed by atoms with Gasteiger partial charge in [-0.05, 0) is 24.3 Å². The molecule has 0 radical (unpaired) electrons. The van der Waals surface area contributed by atoms with Gasteiger partial charge < -0.3 is 5.32 Å². The lowest BCUT2D eigenvalue weighted by molar-refractivity contribution is -0.384. The van der Waals surface area contributed by atoms with Gasteiger partial charge in [0.2, 0.25) is 0 Å². The molecule has 0 aliphatic carbocycles. The molecule has 112 valence electrons. The van der Waals surface area contributed by atoms with Gasteiger partial charge in [0.1, 0.15) is 0 Å². The summed E-state index contributed by atoms with van der Waals surface area (Å²) in [7, 11) is 0. The minimum atomic E-state index is -0.423. The van der Waals surface area contributed by atoms with Crippen molar-refractivity contribution in [2.24, 2.45) is 0 Å². The summed E-state index contributed by atoms with van der Waals surface area (Å²) in [6.45, 7) is 0. The Morgan fingerprint density at radius 2 is 1.95 bits per heavy atom. The Morgan fingerprint density at radius 1 is 1.18 bits per heavy atom. The van der Waals surface area contributed by atoms with Crippen LogP contribution in [0.5, 0.6) is 0 Å². The van der Waals surface area contributed by atoms with Gasteiger partial charge >= 0.3 is 0 Å². The Bertz CT molecular complexity index is 762. The zero-order chi connectivity index (χ0) is 14.7. The Labute approximate surface area is 140 Å². The molecule has 0 saturated carbocycles. The van der Waals surface area contributed by atoms with Crippen molar-refractivity contribution in [2.75, 3.05) is 5.32 Å². The summed E-state index contributed by atoms with van der Waals surface area (Å²) >= 11 is 1.47. The van der Waals surface area contributed by atoms with E-state index in [1.54, 1.807) is 24.5 Å².